The Balaban J connectivity index is 3.10. The summed E-state index contributed by atoms with van der Waals surface area (Å²) in [5.41, 5.74) is 0.963. The molecular weight excluding hydrogens is 252 g/mol. The number of hydrogen-bond donors (Lipinski definition) is 0. The van der Waals surface area contributed by atoms with E-state index in [0.717, 1.165) is 0 Å². The number of methoxy groups -OCH3 is 3. The van der Waals surface area contributed by atoms with E-state index in [0.29, 0.717) is 5.57 Å². The number of esters is 2. The molecule has 19 heavy (non-hydrogen) atoms. The summed E-state index contributed by atoms with van der Waals surface area (Å²) >= 11 is 0. The average Bonchev–Trinajstić information content (AvgIpc) is 2.45. The van der Waals surface area contributed by atoms with Gasteiger partial charge in [0.25, 0.3) is 0 Å². The van der Waals surface area contributed by atoms with E-state index in [1.165, 1.54) is 27.6 Å². The van der Waals surface area contributed by atoms with Gasteiger partial charge < -0.3 is 18.9 Å². The summed E-state index contributed by atoms with van der Waals surface area (Å²) < 4.78 is 19.8. The molecule has 0 aromatic heterocycles. The van der Waals surface area contributed by atoms with Gasteiger partial charge in [-0.05, 0) is 6.92 Å². The van der Waals surface area contributed by atoms with E-state index in [1.807, 2.05) is 0 Å². The molecule has 0 amide bonds. The molecule has 6 nitrogen and oxygen atoms in total. The van der Waals surface area contributed by atoms with Crippen LogP contribution in [-0.4, -0.2) is 39.6 Å². The highest BCUT2D eigenvalue weighted by Crippen LogP contribution is 2.33. The Morgan fingerprint density at radius 1 is 1.32 bits per heavy atom. The first kappa shape index (κ1) is 15.2. The third kappa shape index (κ3) is 3.35. The molecule has 1 heterocycles. The van der Waals surface area contributed by atoms with E-state index in [-0.39, 0.29) is 12.0 Å². The van der Waals surface area contributed by atoms with E-state index in [2.05, 4.69) is 9.47 Å². The minimum Gasteiger partial charge on any atom is -0.469 e. The van der Waals surface area contributed by atoms with Gasteiger partial charge in [-0.15, -0.1) is 0 Å². The van der Waals surface area contributed by atoms with Crippen molar-refractivity contribution in [2.24, 2.45) is 5.92 Å². The predicted octanol–water partition coefficient (Wildman–Crippen LogP) is 1.17. The number of rotatable bonds is 4. The number of allylic oxidation sites excluding steroid dienone is 1. The summed E-state index contributed by atoms with van der Waals surface area (Å²) in [5.74, 6) is -1.43. The van der Waals surface area contributed by atoms with Crippen molar-refractivity contribution in [3.8, 4) is 0 Å². The van der Waals surface area contributed by atoms with Crippen LogP contribution >= 0.6 is 0 Å². The van der Waals surface area contributed by atoms with Crippen molar-refractivity contribution in [3.63, 3.8) is 0 Å². The zero-order chi connectivity index (χ0) is 14.4. The lowest BCUT2D eigenvalue weighted by atomic mass is 9.86. The number of carbonyl (C=O) groups is 2. The maximum atomic E-state index is 11.7. The Bertz CT molecular complexity index is 409. The van der Waals surface area contributed by atoms with Crippen molar-refractivity contribution in [2.75, 3.05) is 21.3 Å². The molecule has 2 atom stereocenters. The van der Waals surface area contributed by atoms with Gasteiger partial charge in [-0.25, -0.2) is 4.79 Å². The van der Waals surface area contributed by atoms with Gasteiger partial charge in [-0.1, -0.05) is 6.08 Å². The normalized spacial score (nSPS) is 24.4. The standard InChI is InChI=1S/C13H18O6/c1-5-8-9(6-11(14)16-2)10(12(15)17-3)7-19-13(8)18-4/h5,7,9,13H,6H2,1-4H3. The van der Waals surface area contributed by atoms with Gasteiger partial charge >= 0.3 is 11.9 Å². The largest absolute Gasteiger partial charge is 0.469 e. The number of ether oxygens (including phenoxy) is 4. The van der Waals surface area contributed by atoms with Crippen LogP contribution in [0.1, 0.15) is 13.3 Å². The Morgan fingerprint density at radius 2 is 2.00 bits per heavy atom. The van der Waals surface area contributed by atoms with Crippen molar-refractivity contribution in [1.29, 1.82) is 0 Å². The van der Waals surface area contributed by atoms with Crippen molar-refractivity contribution in [2.45, 2.75) is 19.6 Å². The molecule has 1 aliphatic rings. The summed E-state index contributed by atoms with van der Waals surface area (Å²) in [6, 6.07) is 0. The predicted molar refractivity (Wildman–Crippen MR) is 65.9 cm³/mol. The van der Waals surface area contributed by atoms with Crippen molar-refractivity contribution in [1.82, 2.24) is 0 Å². The molecule has 0 fully saturated rings. The quantitative estimate of drug-likeness (QED) is 0.564. The molecule has 0 aromatic carbocycles. The highest BCUT2D eigenvalue weighted by atomic mass is 16.7. The first-order chi connectivity index (χ1) is 9.08. The lowest BCUT2D eigenvalue weighted by Crippen LogP contribution is -2.32. The van der Waals surface area contributed by atoms with Crippen LogP contribution in [0.5, 0.6) is 0 Å². The Morgan fingerprint density at radius 3 is 2.47 bits per heavy atom. The Labute approximate surface area is 112 Å². The maximum Gasteiger partial charge on any atom is 0.337 e. The second-order valence-corrected chi connectivity index (χ2v) is 3.89. The summed E-state index contributed by atoms with van der Waals surface area (Å²) in [5, 5.41) is 0. The van der Waals surface area contributed by atoms with Gasteiger partial charge in [0.15, 0.2) is 0 Å². The molecule has 0 bridgehead atoms. The van der Waals surface area contributed by atoms with E-state index >= 15 is 0 Å². The second kappa shape index (κ2) is 6.94. The summed E-state index contributed by atoms with van der Waals surface area (Å²) in [4.78, 5) is 23.2. The molecule has 0 aromatic rings. The number of hydrogen-bond acceptors (Lipinski definition) is 6. The first-order valence-corrected chi connectivity index (χ1v) is 5.78. The molecule has 6 heteroatoms. The topological polar surface area (TPSA) is 71.1 Å². The van der Waals surface area contributed by atoms with Gasteiger partial charge in [0.1, 0.15) is 0 Å². The van der Waals surface area contributed by atoms with Crippen molar-refractivity contribution in [3.05, 3.63) is 23.5 Å². The SMILES string of the molecule is CC=C1C(OC)OC=C(C(=O)OC)C1CC(=O)OC. The van der Waals surface area contributed by atoms with Crippen LogP contribution in [-0.2, 0) is 28.5 Å². The molecule has 0 radical (unpaired) electrons. The first-order valence-electron chi connectivity index (χ1n) is 5.78. The number of carbonyl (C=O) groups excluding carboxylic acids is 2. The Hall–Kier alpha value is -1.82. The fourth-order valence-electron chi connectivity index (χ4n) is 1.95. The zero-order valence-corrected chi connectivity index (χ0v) is 11.5. The summed E-state index contributed by atoms with van der Waals surface area (Å²) in [6.07, 6.45) is 2.45. The smallest absolute Gasteiger partial charge is 0.337 e. The summed E-state index contributed by atoms with van der Waals surface area (Å²) in [6.45, 7) is 1.79. The highest BCUT2D eigenvalue weighted by molar-refractivity contribution is 5.90. The molecule has 0 N–H and O–H groups in total. The average molecular weight is 270 g/mol. The van der Waals surface area contributed by atoms with Gasteiger partial charge in [-0.2, -0.15) is 0 Å². The molecule has 1 rings (SSSR count). The van der Waals surface area contributed by atoms with Gasteiger partial charge in [0.05, 0.1) is 32.5 Å². The molecule has 0 saturated heterocycles. The minimum absolute atomic E-state index is 0.0281. The van der Waals surface area contributed by atoms with Crippen LogP contribution in [0.25, 0.3) is 0 Å². The zero-order valence-electron chi connectivity index (χ0n) is 11.5. The lowest BCUT2D eigenvalue weighted by molar-refractivity contribution is -0.142. The van der Waals surface area contributed by atoms with E-state index in [4.69, 9.17) is 9.47 Å². The lowest BCUT2D eigenvalue weighted by Gasteiger charge is -2.30. The fourth-order valence-corrected chi connectivity index (χ4v) is 1.95. The van der Waals surface area contributed by atoms with E-state index in [9.17, 15) is 9.59 Å². The molecular formula is C13H18O6. The van der Waals surface area contributed by atoms with Crippen LogP contribution in [0.4, 0.5) is 0 Å². The third-order valence-electron chi connectivity index (χ3n) is 2.94. The maximum absolute atomic E-state index is 11.7. The van der Waals surface area contributed by atoms with Crippen LogP contribution < -0.4 is 0 Å². The molecule has 0 saturated carbocycles. The van der Waals surface area contributed by atoms with E-state index < -0.39 is 24.1 Å². The minimum atomic E-state index is -0.618. The van der Waals surface area contributed by atoms with Crippen molar-refractivity contribution >= 4 is 11.9 Å². The summed E-state index contributed by atoms with van der Waals surface area (Å²) in [7, 11) is 4.06. The van der Waals surface area contributed by atoms with E-state index in [1.54, 1.807) is 13.0 Å². The molecule has 106 valence electrons. The molecule has 0 aliphatic carbocycles. The van der Waals surface area contributed by atoms with Gasteiger partial charge in [-0.3, -0.25) is 4.79 Å². The second-order valence-electron chi connectivity index (χ2n) is 3.89. The third-order valence-corrected chi connectivity index (χ3v) is 2.94. The van der Waals surface area contributed by atoms with Crippen LogP contribution in [0.3, 0.4) is 0 Å². The molecule has 0 spiro atoms. The van der Waals surface area contributed by atoms with Crippen LogP contribution in [0, 0.1) is 5.92 Å². The Kier molecular flexibility index (Phi) is 5.57. The molecule has 2 unspecified atom stereocenters. The highest BCUT2D eigenvalue weighted by Gasteiger charge is 2.36. The van der Waals surface area contributed by atoms with Crippen molar-refractivity contribution < 1.29 is 28.5 Å². The fraction of sp³-hybridized carbons (Fsp3) is 0.538. The van der Waals surface area contributed by atoms with Gasteiger partial charge in [0, 0.05) is 18.6 Å². The van der Waals surface area contributed by atoms with Crippen LogP contribution in [0.15, 0.2) is 23.5 Å². The van der Waals surface area contributed by atoms with Gasteiger partial charge in [0.2, 0.25) is 6.29 Å². The molecule has 1 aliphatic heterocycles. The monoisotopic (exact) mass is 270 g/mol. The van der Waals surface area contributed by atoms with Crippen LogP contribution in [0.2, 0.25) is 0 Å².